The minimum Gasteiger partial charge on any atom is -0.333 e. The zero-order valence-corrected chi connectivity index (χ0v) is 12.6. The normalized spacial score (nSPS) is 23.6. The highest BCUT2D eigenvalue weighted by molar-refractivity contribution is 6.31. The van der Waals surface area contributed by atoms with E-state index in [2.05, 4.69) is 17.1 Å². The maximum atomic E-state index is 12.8. The van der Waals surface area contributed by atoms with Crippen molar-refractivity contribution >= 4 is 17.5 Å². The zero-order valence-electron chi connectivity index (χ0n) is 11.8. The molecule has 2 aliphatic rings. The van der Waals surface area contributed by atoms with Gasteiger partial charge in [0.1, 0.15) is 0 Å². The molecular formula is C16H21ClN2O. The van der Waals surface area contributed by atoms with Crippen molar-refractivity contribution in [2.24, 2.45) is 5.92 Å². The van der Waals surface area contributed by atoms with Gasteiger partial charge in [0.05, 0.1) is 12.0 Å². The van der Waals surface area contributed by atoms with Gasteiger partial charge < -0.3 is 10.2 Å². The number of carbonyl (C=O) groups excluding carboxylic acids is 1. The third-order valence-electron chi connectivity index (χ3n) is 4.38. The predicted molar refractivity (Wildman–Crippen MR) is 80.7 cm³/mol. The van der Waals surface area contributed by atoms with Crippen molar-refractivity contribution in [2.75, 3.05) is 13.1 Å². The summed E-state index contributed by atoms with van der Waals surface area (Å²) in [5, 5.41) is 4.04. The summed E-state index contributed by atoms with van der Waals surface area (Å²) >= 11 is 6.30. The molecule has 3 rings (SSSR count). The van der Waals surface area contributed by atoms with Crippen molar-refractivity contribution in [1.82, 2.24) is 10.2 Å². The summed E-state index contributed by atoms with van der Waals surface area (Å²) in [5.41, 5.74) is 1.06. The van der Waals surface area contributed by atoms with E-state index in [1.54, 1.807) is 0 Å². The van der Waals surface area contributed by atoms with E-state index in [0.717, 1.165) is 42.9 Å². The monoisotopic (exact) mass is 292 g/mol. The van der Waals surface area contributed by atoms with Crippen LogP contribution in [0.3, 0.4) is 0 Å². The fourth-order valence-corrected chi connectivity index (χ4v) is 3.37. The number of nitrogens with one attached hydrogen (secondary N) is 1. The van der Waals surface area contributed by atoms with E-state index >= 15 is 0 Å². The summed E-state index contributed by atoms with van der Waals surface area (Å²) in [6.07, 6.45) is 3.21. The first kappa shape index (κ1) is 13.9. The van der Waals surface area contributed by atoms with Crippen LogP contribution in [0.2, 0.25) is 5.02 Å². The van der Waals surface area contributed by atoms with Crippen LogP contribution in [-0.2, 0) is 4.79 Å². The first-order valence-corrected chi connectivity index (χ1v) is 7.83. The minimum absolute atomic E-state index is 0.0595. The summed E-state index contributed by atoms with van der Waals surface area (Å²) in [7, 11) is 0. The van der Waals surface area contributed by atoms with E-state index in [-0.39, 0.29) is 12.0 Å². The van der Waals surface area contributed by atoms with Crippen LogP contribution in [0, 0.1) is 5.92 Å². The van der Waals surface area contributed by atoms with Crippen LogP contribution < -0.4 is 5.32 Å². The highest BCUT2D eigenvalue weighted by atomic mass is 35.5. The lowest BCUT2D eigenvalue weighted by Crippen LogP contribution is -2.40. The van der Waals surface area contributed by atoms with Crippen LogP contribution in [0.5, 0.6) is 0 Å². The van der Waals surface area contributed by atoms with Gasteiger partial charge in [0, 0.05) is 17.6 Å². The molecule has 1 saturated carbocycles. The van der Waals surface area contributed by atoms with Gasteiger partial charge in [0.15, 0.2) is 0 Å². The van der Waals surface area contributed by atoms with Crippen molar-refractivity contribution in [1.29, 1.82) is 0 Å². The van der Waals surface area contributed by atoms with E-state index in [9.17, 15) is 4.79 Å². The van der Waals surface area contributed by atoms with Gasteiger partial charge in [0.25, 0.3) is 0 Å². The standard InChI is InChI=1S/C16H21ClN2O/c1-11(14-4-2-3-5-15(14)17)19(13-6-7-13)16(20)12-8-9-18-10-12/h2-5,11-13,18H,6-10H2,1H3. The smallest absolute Gasteiger partial charge is 0.227 e. The van der Waals surface area contributed by atoms with Gasteiger partial charge in [-0.3, -0.25) is 4.79 Å². The Morgan fingerprint density at radius 1 is 1.35 bits per heavy atom. The van der Waals surface area contributed by atoms with E-state index in [1.807, 2.05) is 24.3 Å². The Bertz CT molecular complexity index is 495. The maximum Gasteiger partial charge on any atom is 0.227 e. The van der Waals surface area contributed by atoms with Crippen molar-refractivity contribution in [3.63, 3.8) is 0 Å². The topological polar surface area (TPSA) is 32.3 Å². The summed E-state index contributed by atoms with van der Waals surface area (Å²) < 4.78 is 0. The number of carbonyl (C=O) groups is 1. The minimum atomic E-state index is 0.0595. The molecule has 1 heterocycles. The second-order valence-corrected chi connectivity index (χ2v) is 6.27. The summed E-state index contributed by atoms with van der Waals surface area (Å²) in [5.74, 6) is 0.436. The Morgan fingerprint density at radius 3 is 2.70 bits per heavy atom. The molecule has 2 unspecified atom stereocenters. The average molecular weight is 293 g/mol. The van der Waals surface area contributed by atoms with E-state index in [4.69, 9.17) is 11.6 Å². The Hall–Kier alpha value is -1.06. The molecular weight excluding hydrogens is 272 g/mol. The molecule has 4 heteroatoms. The number of hydrogen-bond acceptors (Lipinski definition) is 2. The van der Waals surface area contributed by atoms with Crippen LogP contribution >= 0.6 is 11.6 Å². The van der Waals surface area contributed by atoms with E-state index in [1.165, 1.54) is 0 Å². The van der Waals surface area contributed by atoms with Crippen molar-refractivity contribution in [2.45, 2.75) is 38.3 Å². The fourth-order valence-electron chi connectivity index (χ4n) is 3.08. The highest BCUT2D eigenvalue weighted by Crippen LogP contribution is 2.38. The van der Waals surface area contributed by atoms with Gasteiger partial charge in [-0.05, 0) is 44.4 Å². The molecule has 20 heavy (non-hydrogen) atoms. The number of nitrogens with zero attached hydrogens (tertiary/aromatic N) is 1. The zero-order chi connectivity index (χ0) is 14.1. The fraction of sp³-hybridized carbons (Fsp3) is 0.562. The molecule has 1 amide bonds. The lowest BCUT2D eigenvalue weighted by Gasteiger charge is -2.32. The first-order valence-electron chi connectivity index (χ1n) is 7.46. The van der Waals surface area contributed by atoms with Crippen LogP contribution in [-0.4, -0.2) is 29.9 Å². The number of halogens is 1. The molecule has 1 saturated heterocycles. The molecule has 0 aromatic heterocycles. The third-order valence-corrected chi connectivity index (χ3v) is 4.72. The van der Waals surface area contributed by atoms with Crippen LogP contribution in [0.4, 0.5) is 0 Å². The molecule has 1 aromatic carbocycles. The summed E-state index contributed by atoms with van der Waals surface area (Å²) in [6.45, 7) is 3.87. The van der Waals surface area contributed by atoms with Crippen LogP contribution in [0.15, 0.2) is 24.3 Å². The molecule has 0 bridgehead atoms. The van der Waals surface area contributed by atoms with Gasteiger partial charge >= 0.3 is 0 Å². The van der Waals surface area contributed by atoms with Gasteiger partial charge in [-0.2, -0.15) is 0 Å². The third kappa shape index (κ3) is 2.70. The summed E-state index contributed by atoms with van der Waals surface area (Å²) in [6, 6.07) is 8.33. The number of benzene rings is 1. The number of hydrogen-bond donors (Lipinski definition) is 1. The Morgan fingerprint density at radius 2 is 2.10 bits per heavy atom. The van der Waals surface area contributed by atoms with Crippen LogP contribution in [0.1, 0.15) is 37.8 Å². The molecule has 2 fully saturated rings. The Balaban J connectivity index is 1.83. The lowest BCUT2D eigenvalue weighted by molar-refractivity contribution is -0.137. The largest absolute Gasteiger partial charge is 0.333 e. The molecule has 1 aliphatic carbocycles. The predicted octanol–water partition coefficient (Wildman–Crippen LogP) is 3.00. The molecule has 108 valence electrons. The second-order valence-electron chi connectivity index (χ2n) is 5.86. The van der Waals surface area contributed by atoms with Crippen molar-refractivity contribution in [3.8, 4) is 0 Å². The van der Waals surface area contributed by atoms with Gasteiger partial charge in [-0.15, -0.1) is 0 Å². The van der Waals surface area contributed by atoms with Gasteiger partial charge in [0.2, 0.25) is 5.91 Å². The average Bonchev–Trinajstić information content (AvgIpc) is 3.12. The molecule has 0 radical (unpaired) electrons. The first-order chi connectivity index (χ1) is 9.68. The lowest BCUT2D eigenvalue weighted by atomic mass is 10.0. The molecule has 3 nitrogen and oxygen atoms in total. The van der Waals surface area contributed by atoms with Gasteiger partial charge in [-0.1, -0.05) is 29.8 Å². The molecule has 1 aliphatic heterocycles. The SMILES string of the molecule is CC(c1ccccc1Cl)N(C(=O)C1CCNC1)C1CC1. The van der Waals surface area contributed by atoms with Crippen molar-refractivity contribution in [3.05, 3.63) is 34.9 Å². The Kier molecular flexibility index (Phi) is 3.99. The highest BCUT2D eigenvalue weighted by Gasteiger charge is 2.39. The van der Waals surface area contributed by atoms with Crippen molar-refractivity contribution < 1.29 is 4.79 Å². The maximum absolute atomic E-state index is 12.8. The van der Waals surface area contributed by atoms with Gasteiger partial charge in [-0.25, -0.2) is 0 Å². The molecule has 0 spiro atoms. The summed E-state index contributed by atoms with van der Waals surface area (Å²) in [4.78, 5) is 14.9. The number of rotatable bonds is 4. The van der Waals surface area contributed by atoms with E-state index < -0.39 is 0 Å². The molecule has 1 aromatic rings. The van der Waals surface area contributed by atoms with Crippen LogP contribution in [0.25, 0.3) is 0 Å². The molecule has 1 N–H and O–H groups in total. The number of amides is 1. The molecule has 2 atom stereocenters. The van der Waals surface area contributed by atoms with E-state index in [0.29, 0.717) is 11.9 Å². The Labute approximate surface area is 125 Å². The second kappa shape index (κ2) is 5.74. The quantitative estimate of drug-likeness (QED) is 0.925.